The number of nitrogens with one attached hydrogen (secondary N) is 1. The van der Waals surface area contributed by atoms with Crippen molar-refractivity contribution in [3.63, 3.8) is 0 Å². The summed E-state index contributed by atoms with van der Waals surface area (Å²) in [6.45, 7) is 1.99. The van der Waals surface area contributed by atoms with E-state index in [1.54, 1.807) is 0 Å². The monoisotopic (exact) mass is 245 g/mol. The first-order chi connectivity index (χ1) is 8.72. The highest BCUT2D eigenvalue weighted by Gasteiger charge is 2.25. The van der Waals surface area contributed by atoms with Gasteiger partial charge in [-0.25, -0.2) is 0 Å². The fourth-order valence-electron chi connectivity index (χ4n) is 2.96. The van der Waals surface area contributed by atoms with Crippen molar-refractivity contribution in [3.8, 4) is 0 Å². The Kier molecular flexibility index (Phi) is 2.86. The SMILES string of the molecule is Nc1ccc2c(c1)CCCN2CC1CCC(=O)N1. The molecule has 0 aliphatic carbocycles. The minimum absolute atomic E-state index is 0.189. The number of hydrogen-bond acceptors (Lipinski definition) is 3. The molecule has 3 N–H and O–H groups in total. The van der Waals surface area contributed by atoms with Gasteiger partial charge in [0, 0.05) is 36.9 Å². The molecule has 0 radical (unpaired) electrons. The summed E-state index contributed by atoms with van der Waals surface area (Å²) in [5, 5.41) is 3.04. The van der Waals surface area contributed by atoms with Crippen molar-refractivity contribution < 1.29 is 4.79 Å². The third-order valence-electron chi connectivity index (χ3n) is 3.84. The predicted octanol–water partition coefficient (Wildman–Crippen LogP) is 1.30. The summed E-state index contributed by atoms with van der Waals surface area (Å²) >= 11 is 0. The lowest BCUT2D eigenvalue weighted by Gasteiger charge is -2.33. The van der Waals surface area contributed by atoms with Gasteiger partial charge in [-0.2, -0.15) is 0 Å². The number of carbonyl (C=O) groups excluding carboxylic acids is 1. The van der Waals surface area contributed by atoms with Crippen molar-refractivity contribution in [2.24, 2.45) is 0 Å². The number of nitrogens with zero attached hydrogens (tertiary/aromatic N) is 1. The van der Waals surface area contributed by atoms with E-state index in [1.807, 2.05) is 6.07 Å². The fourth-order valence-corrected chi connectivity index (χ4v) is 2.96. The Bertz CT molecular complexity index is 472. The van der Waals surface area contributed by atoms with Gasteiger partial charge in [0.1, 0.15) is 0 Å². The molecule has 2 aliphatic rings. The van der Waals surface area contributed by atoms with Crippen LogP contribution in [0, 0.1) is 0 Å². The van der Waals surface area contributed by atoms with Crippen molar-refractivity contribution in [2.45, 2.75) is 31.7 Å². The molecule has 18 heavy (non-hydrogen) atoms. The standard InChI is InChI=1S/C14H19N3O/c15-11-3-5-13-10(8-11)2-1-7-17(13)9-12-4-6-14(18)16-12/h3,5,8,12H,1-2,4,6-7,9,15H2,(H,16,18). The first-order valence-corrected chi connectivity index (χ1v) is 6.65. The van der Waals surface area contributed by atoms with Gasteiger partial charge in [-0.3, -0.25) is 4.79 Å². The fraction of sp³-hybridized carbons (Fsp3) is 0.500. The lowest BCUT2D eigenvalue weighted by Crippen LogP contribution is -2.41. The number of hydrogen-bond donors (Lipinski definition) is 2. The Morgan fingerprint density at radius 2 is 2.28 bits per heavy atom. The highest BCUT2D eigenvalue weighted by atomic mass is 16.1. The lowest BCUT2D eigenvalue weighted by atomic mass is 10.0. The van der Waals surface area contributed by atoms with Gasteiger partial charge in [-0.15, -0.1) is 0 Å². The molecule has 0 spiro atoms. The average molecular weight is 245 g/mol. The third kappa shape index (κ3) is 2.15. The number of amides is 1. The van der Waals surface area contributed by atoms with Crippen molar-refractivity contribution in [3.05, 3.63) is 23.8 Å². The zero-order valence-electron chi connectivity index (χ0n) is 10.5. The zero-order chi connectivity index (χ0) is 12.5. The van der Waals surface area contributed by atoms with E-state index in [4.69, 9.17) is 5.73 Å². The van der Waals surface area contributed by atoms with Crippen LogP contribution in [-0.4, -0.2) is 25.0 Å². The maximum Gasteiger partial charge on any atom is 0.220 e. The molecule has 1 amide bonds. The molecule has 1 aromatic rings. The molecule has 2 heterocycles. The molecule has 4 heteroatoms. The molecule has 1 fully saturated rings. The second-order valence-electron chi connectivity index (χ2n) is 5.24. The summed E-state index contributed by atoms with van der Waals surface area (Å²) in [7, 11) is 0. The van der Waals surface area contributed by atoms with E-state index in [1.165, 1.54) is 11.3 Å². The van der Waals surface area contributed by atoms with Gasteiger partial charge in [-0.1, -0.05) is 0 Å². The summed E-state index contributed by atoms with van der Waals surface area (Å²) < 4.78 is 0. The van der Waals surface area contributed by atoms with Gasteiger partial charge < -0.3 is 16.0 Å². The molecule has 4 nitrogen and oxygen atoms in total. The van der Waals surface area contributed by atoms with E-state index in [-0.39, 0.29) is 5.91 Å². The van der Waals surface area contributed by atoms with Gasteiger partial charge in [-0.05, 0) is 43.0 Å². The van der Waals surface area contributed by atoms with Crippen LogP contribution in [0.15, 0.2) is 18.2 Å². The molecule has 0 bridgehead atoms. The average Bonchev–Trinajstić information content (AvgIpc) is 2.75. The number of benzene rings is 1. The summed E-state index contributed by atoms with van der Waals surface area (Å²) in [6, 6.07) is 6.46. The summed E-state index contributed by atoms with van der Waals surface area (Å²) in [5.41, 5.74) is 9.30. The highest BCUT2D eigenvalue weighted by Crippen LogP contribution is 2.29. The lowest BCUT2D eigenvalue weighted by molar-refractivity contribution is -0.119. The first kappa shape index (κ1) is 11.4. The van der Waals surface area contributed by atoms with E-state index in [9.17, 15) is 4.79 Å². The van der Waals surface area contributed by atoms with Crippen LogP contribution in [0.2, 0.25) is 0 Å². The van der Waals surface area contributed by atoms with Crippen molar-refractivity contribution >= 4 is 17.3 Å². The quantitative estimate of drug-likeness (QED) is 0.772. The van der Waals surface area contributed by atoms with Crippen molar-refractivity contribution in [1.29, 1.82) is 0 Å². The molecule has 1 saturated heterocycles. The van der Waals surface area contributed by atoms with Crippen LogP contribution in [0.1, 0.15) is 24.8 Å². The van der Waals surface area contributed by atoms with Gasteiger partial charge in [0.05, 0.1) is 0 Å². The number of nitrogens with two attached hydrogens (primary N) is 1. The van der Waals surface area contributed by atoms with E-state index in [2.05, 4.69) is 22.3 Å². The zero-order valence-corrected chi connectivity index (χ0v) is 10.5. The number of fused-ring (bicyclic) bond motifs is 1. The summed E-state index contributed by atoms with van der Waals surface area (Å²) in [6.07, 6.45) is 3.90. The Morgan fingerprint density at radius 3 is 3.06 bits per heavy atom. The van der Waals surface area contributed by atoms with Gasteiger partial charge in [0.2, 0.25) is 5.91 Å². The number of anilines is 2. The van der Waals surface area contributed by atoms with Crippen LogP contribution in [-0.2, 0) is 11.2 Å². The molecule has 2 aliphatic heterocycles. The maximum absolute atomic E-state index is 11.2. The van der Waals surface area contributed by atoms with Crippen LogP contribution in [0.3, 0.4) is 0 Å². The van der Waals surface area contributed by atoms with E-state index in [0.29, 0.717) is 12.5 Å². The Balaban J connectivity index is 1.77. The predicted molar refractivity (Wildman–Crippen MR) is 72.6 cm³/mol. The highest BCUT2D eigenvalue weighted by molar-refractivity contribution is 5.78. The Hall–Kier alpha value is -1.71. The molecule has 3 rings (SSSR count). The number of rotatable bonds is 2. The number of aryl methyl sites for hydroxylation is 1. The molecule has 1 atom stereocenters. The molecule has 96 valence electrons. The molecule has 1 unspecified atom stereocenters. The minimum atomic E-state index is 0.189. The Morgan fingerprint density at radius 1 is 1.39 bits per heavy atom. The minimum Gasteiger partial charge on any atom is -0.399 e. The Labute approximate surface area is 107 Å². The molecule has 0 saturated carbocycles. The topological polar surface area (TPSA) is 58.4 Å². The van der Waals surface area contributed by atoms with Gasteiger partial charge in [0.25, 0.3) is 0 Å². The van der Waals surface area contributed by atoms with E-state index in [0.717, 1.165) is 38.0 Å². The van der Waals surface area contributed by atoms with Crippen LogP contribution in [0.4, 0.5) is 11.4 Å². The van der Waals surface area contributed by atoms with Gasteiger partial charge >= 0.3 is 0 Å². The third-order valence-corrected chi connectivity index (χ3v) is 3.84. The maximum atomic E-state index is 11.2. The number of carbonyl (C=O) groups is 1. The summed E-state index contributed by atoms with van der Waals surface area (Å²) in [4.78, 5) is 13.6. The first-order valence-electron chi connectivity index (χ1n) is 6.65. The van der Waals surface area contributed by atoms with Crippen LogP contribution in [0.25, 0.3) is 0 Å². The molecule has 1 aromatic carbocycles. The molecular weight excluding hydrogens is 226 g/mol. The second kappa shape index (κ2) is 4.52. The van der Waals surface area contributed by atoms with E-state index >= 15 is 0 Å². The smallest absolute Gasteiger partial charge is 0.220 e. The summed E-state index contributed by atoms with van der Waals surface area (Å²) in [5.74, 6) is 0.189. The second-order valence-corrected chi connectivity index (χ2v) is 5.24. The number of nitrogen functional groups attached to an aromatic ring is 1. The van der Waals surface area contributed by atoms with Crippen molar-refractivity contribution in [2.75, 3.05) is 23.7 Å². The van der Waals surface area contributed by atoms with Crippen LogP contribution in [0.5, 0.6) is 0 Å². The van der Waals surface area contributed by atoms with Gasteiger partial charge in [0.15, 0.2) is 0 Å². The largest absolute Gasteiger partial charge is 0.399 e. The van der Waals surface area contributed by atoms with Crippen LogP contribution < -0.4 is 16.0 Å². The van der Waals surface area contributed by atoms with E-state index < -0.39 is 0 Å². The van der Waals surface area contributed by atoms with Crippen LogP contribution >= 0.6 is 0 Å². The van der Waals surface area contributed by atoms with Crippen molar-refractivity contribution in [1.82, 2.24) is 5.32 Å². The normalized spacial score (nSPS) is 22.8. The molecule has 0 aromatic heterocycles. The molecular formula is C14H19N3O.